The third-order valence-corrected chi connectivity index (χ3v) is 4.38. The fourth-order valence-corrected chi connectivity index (χ4v) is 2.96. The Balaban J connectivity index is 1.53. The van der Waals surface area contributed by atoms with Crippen molar-refractivity contribution in [2.75, 3.05) is 0 Å². The smallest absolute Gasteiger partial charge is 0.269 e. The first-order chi connectivity index (χ1) is 13.6. The molecule has 3 aromatic rings. The molecule has 0 saturated heterocycles. The lowest BCUT2D eigenvalue weighted by atomic mass is 10.1. The summed E-state index contributed by atoms with van der Waals surface area (Å²) < 4.78 is 11.8. The molecule has 140 valence electrons. The van der Waals surface area contributed by atoms with E-state index in [0.717, 1.165) is 5.56 Å². The minimum atomic E-state index is -0.671. The lowest BCUT2D eigenvalue weighted by Gasteiger charge is -2.28. The Bertz CT molecular complexity index is 1030. The van der Waals surface area contributed by atoms with E-state index >= 15 is 0 Å². The minimum Gasteiger partial charge on any atom is -0.488 e. The summed E-state index contributed by atoms with van der Waals surface area (Å²) in [5.74, 6) is 0.865. The molecule has 1 aliphatic heterocycles. The summed E-state index contributed by atoms with van der Waals surface area (Å²) in [6.07, 6.45) is -0.671. The molecule has 0 aromatic heterocycles. The van der Waals surface area contributed by atoms with Crippen molar-refractivity contribution in [3.8, 4) is 11.5 Å². The molecule has 1 atom stereocenters. The van der Waals surface area contributed by atoms with E-state index < -0.39 is 11.2 Å². The highest BCUT2D eigenvalue weighted by Crippen LogP contribution is 2.33. The van der Waals surface area contributed by atoms with E-state index in [-0.39, 0.29) is 18.2 Å². The van der Waals surface area contributed by atoms with Crippen LogP contribution in [0.1, 0.15) is 27.7 Å². The topological polar surface area (TPSA) is 90.7 Å². The Hall–Kier alpha value is -3.87. The Morgan fingerprint density at radius 2 is 1.71 bits per heavy atom. The highest BCUT2D eigenvalue weighted by atomic mass is 16.6. The molecular weight excluding hydrogens is 360 g/mol. The van der Waals surface area contributed by atoms with E-state index in [9.17, 15) is 14.9 Å². The van der Waals surface area contributed by atoms with Gasteiger partial charge in [-0.2, -0.15) is 0 Å². The number of nitro groups is 1. The third kappa shape index (κ3) is 3.50. The van der Waals surface area contributed by atoms with Gasteiger partial charge in [0.15, 0.2) is 0 Å². The van der Waals surface area contributed by atoms with Crippen molar-refractivity contribution in [2.45, 2.75) is 12.8 Å². The van der Waals surface area contributed by atoms with Crippen molar-refractivity contribution in [2.24, 2.45) is 0 Å². The van der Waals surface area contributed by atoms with Crippen LogP contribution in [0.2, 0.25) is 0 Å². The lowest BCUT2D eigenvalue weighted by Crippen LogP contribution is -2.36. The summed E-state index contributed by atoms with van der Waals surface area (Å²) in [7, 11) is 0. The predicted molar refractivity (Wildman–Crippen MR) is 101 cm³/mol. The Kier molecular flexibility index (Phi) is 4.63. The number of nitrogens with one attached hydrogen (secondary N) is 1. The van der Waals surface area contributed by atoms with Crippen LogP contribution in [0.25, 0.3) is 0 Å². The number of carbonyl (C=O) groups excluding carboxylic acids is 1. The van der Waals surface area contributed by atoms with Gasteiger partial charge in [0, 0.05) is 12.1 Å². The van der Waals surface area contributed by atoms with Gasteiger partial charge in [-0.3, -0.25) is 14.9 Å². The highest BCUT2D eigenvalue weighted by Gasteiger charge is 2.28. The first-order valence-electron chi connectivity index (χ1n) is 8.63. The molecule has 1 aliphatic rings. The van der Waals surface area contributed by atoms with Crippen LogP contribution in [-0.2, 0) is 6.61 Å². The van der Waals surface area contributed by atoms with E-state index in [4.69, 9.17) is 9.47 Å². The van der Waals surface area contributed by atoms with Crippen molar-refractivity contribution >= 4 is 11.6 Å². The summed E-state index contributed by atoms with van der Waals surface area (Å²) in [5.41, 5.74) is 2.00. The van der Waals surface area contributed by atoms with Crippen LogP contribution in [-0.4, -0.2) is 10.8 Å². The Labute approximate surface area is 160 Å². The molecule has 28 heavy (non-hydrogen) atoms. The first-order valence-corrected chi connectivity index (χ1v) is 8.63. The fraction of sp³-hybridized carbons (Fsp3) is 0.0952. The Morgan fingerprint density at radius 1 is 1.00 bits per heavy atom. The zero-order chi connectivity index (χ0) is 19.5. The molecular formula is C21H16N2O5. The fourth-order valence-electron chi connectivity index (χ4n) is 2.96. The number of rotatable bonds is 5. The molecule has 0 bridgehead atoms. The van der Waals surface area contributed by atoms with Crippen LogP contribution in [0.15, 0.2) is 72.8 Å². The maximum absolute atomic E-state index is 12.4. The summed E-state index contributed by atoms with van der Waals surface area (Å²) in [6.45, 7) is 0.228. The largest absolute Gasteiger partial charge is 0.488 e. The Morgan fingerprint density at radius 3 is 2.50 bits per heavy atom. The molecule has 1 amide bonds. The molecule has 3 aromatic carbocycles. The van der Waals surface area contributed by atoms with Crippen molar-refractivity contribution < 1.29 is 19.2 Å². The standard InChI is InChI=1S/C21H16N2O5/c24-20-16-5-1-4-8-19(16)28-21(22-20)17-6-2-3-7-18(17)27-13-14-9-11-15(12-10-14)23(25)26/h1-12,21H,13H2,(H,22,24)/t21-/m1/s1. The predicted octanol–water partition coefficient (Wildman–Crippen LogP) is 3.99. The lowest BCUT2D eigenvalue weighted by molar-refractivity contribution is -0.384. The van der Waals surface area contributed by atoms with Crippen LogP contribution >= 0.6 is 0 Å². The summed E-state index contributed by atoms with van der Waals surface area (Å²) >= 11 is 0. The molecule has 0 saturated carbocycles. The van der Waals surface area contributed by atoms with Crippen molar-refractivity contribution in [1.29, 1.82) is 0 Å². The van der Waals surface area contributed by atoms with Gasteiger partial charge in [-0.15, -0.1) is 0 Å². The number of amides is 1. The monoisotopic (exact) mass is 376 g/mol. The second-order valence-electron chi connectivity index (χ2n) is 6.22. The van der Waals surface area contributed by atoms with E-state index in [1.165, 1.54) is 12.1 Å². The van der Waals surface area contributed by atoms with Crippen LogP contribution < -0.4 is 14.8 Å². The molecule has 0 fully saturated rings. The van der Waals surface area contributed by atoms with E-state index in [1.54, 1.807) is 36.4 Å². The molecule has 0 aliphatic carbocycles. The number of hydrogen-bond donors (Lipinski definition) is 1. The van der Waals surface area contributed by atoms with Crippen molar-refractivity contribution in [3.05, 3.63) is 99.6 Å². The molecule has 1 heterocycles. The number of non-ortho nitro benzene ring substituents is 1. The number of nitrogens with zero attached hydrogens (tertiary/aromatic N) is 1. The average Bonchev–Trinajstić information content (AvgIpc) is 2.73. The van der Waals surface area contributed by atoms with E-state index in [2.05, 4.69) is 5.32 Å². The van der Waals surface area contributed by atoms with Gasteiger partial charge in [0.1, 0.15) is 18.1 Å². The van der Waals surface area contributed by atoms with Gasteiger partial charge < -0.3 is 14.8 Å². The highest BCUT2D eigenvalue weighted by molar-refractivity contribution is 5.98. The first kappa shape index (κ1) is 17.5. The van der Waals surface area contributed by atoms with Gasteiger partial charge in [0.05, 0.1) is 16.1 Å². The average molecular weight is 376 g/mol. The number of benzene rings is 3. The number of para-hydroxylation sites is 2. The summed E-state index contributed by atoms with van der Waals surface area (Å²) in [4.78, 5) is 22.7. The second kappa shape index (κ2) is 7.40. The number of hydrogen-bond acceptors (Lipinski definition) is 5. The zero-order valence-electron chi connectivity index (χ0n) is 14.7. The summed E-state index contributed by atoms with van der Waals surface area (Å²) in [6, 6.07) is 20.5. The molecule has 0 radical (unpaired) electrons. The molecule has 7 nitrogen and oxygen atoms in total. The quantitative estimate of drug-likeness (QED) is 0.537. The number of ether oxygens (including phenoxy) is 2. The molecule has 7 heteroatoms. The normalized spacial score (nSPS) is 15.1. The SMILES string of the molecule is O=C1N[C@@H](c2ccccc2OCc2ccc([N+](=O)[O-])cc2)Oc2ccccc21. The molecule has 0 spiro atoms. The molecule has 1 N–H and O–H groups in total. The minimum absolute atomic E-state index is 0.0288. The van der Waals surface area contributed by atoms with E-state index in [0.29, 0.717) is 22.6 Å². The number of fused-ring (bicyclic) bond motifs is 1. The van der Waals surface area contributed by atoms with Gasteiger partial charge in [-0.05, 0) is 42.0 Å². The molecule has 4 rings (SSSR count). The maximum atomic E-state index is 12.4. The maximum Gasteiger partial charge on any atom is 0.269 e. The van der Waals surface area contributed by atoms with Crippen LogP contribution in [0.4, 0.5) is 5.69 Å². The number of carbonyl (C=O) groups is 1. The summed E-state index contributed by atoms with van der Waals surface area (Å²) in [5, 5.41) is 13.6. The van der Waals surface area contributed by atoms with Gasteiger partial charge >= 0.3 is 0 Å². The van der Waals surface area contributed by atoms with Crippen LogP contribution in [0.3, 0.4) is 0 Å². The van der Waals surface area contributed by atoms with Gasteiger partial charge in [-0.25, -0.2) is 0 Å². The molecule has 0 unspecified atom stereocenters. The number of nitro benzene ring substituents is 1. The van der Waals surface area contributed by atoms with E-state index in [1.807, 2.05) is 24.3 Å². The van der Waals surface area contributed by atoms with Crippen LogP contribution in [0.5, 0.6) is 11.5 Å². The zero-order valence-corrected chi connectivity index (χ0v) is 14.7. The third-order valence-electron chi connectivity index (χ3n) is 4.38. The van der Waals surface area contributed by atoms with Crippen molar-refractivity contribution in [1.82, 2.24) is 5.32 Å². The van der Waals surface area contributed by atoms with Gasteiger partial charge in [0.25, 0.3) is 11.6 Å². The second-order valence-corrected chi connectivity index (χ2v) is 6.22. The van der Waals surface area contributed by atoms with Gasteiger partial charge in [-0.1, -0.05) is 24.3 Å². The van der Waals surface area contributed by atoms with Crippen LogP contribution in [0, 0.1) is 10.1 Å². The van der Waals surface area contributed by atoms with Crippen molar-refractivity contribution in [3.63, 3.8) is 0 Å². The van der Waals surface area contributed by atoms with Gasteiger partial charge in [0.2, 0.25) is 6.23 Å².